The Morgan fingerprint density at radius 1 is 1.15 bits per heavy atom. The first-order chi connectivity index (χ1) is 9.56. The Balaban J connectivity index is 2.19. The Labute approximate surface area is 122 Å². The highest BCUT2D eigenvalue weighted by Crippen LogP contribution is 2.40. The normalized spacial score (nSPS) is 10.9. The number of benzene rings is 1. The summed E-state index contributed by atoms with van der Waals surface area (Å²) in [4.78, 5) is 2.35. The number of hydrogen-bond acceptors (Lipinski definition) is 4. The molecule has 0 spiro atoms. The van der Waals surface area contributed by atoms with E-state index in [0.29, 0.717) is 5.82 Å². The first kappa shape index (κ1) is 12.9. The van der Waals surface area contributed by atoms with Gasteiger partial charge < -0.3 is 10.3 Å². The molecule has 0 aliphatic heterocycles. The zero-order chi connectivity index (χ0) is 14.3. The molecule has 2 N–H and O–H groups in total. The van der Waals surface area contributed by atoms with Crippen molar-refractivity contribution in [1.82, 2.24) is 5.16 Å². The molecule has 0 saturated carbocycles. The second-order valence-electron chi connectivity index (χ2n) is 4.99. The molecule has 102 valence electrons. The van der Waals surface area contributed by atoms with Gasteiger partial charge in [0.2, 0.25) is 0 Å². The predicted molar refractivity (Wildman–Crippen MR) is 83.9 cm³/mol. The number of nitrogen functional groups attached to an aromatic ring is 1. The minimum atomic E-state index is 0.439. The van der Waals surface area contributed by atoms with Gasteiger partial charge in [0.1, 0.15) is 0 Å². The van der Waals surface area contributed by atoms with Gasteiger partial charge in [0, 0.05) is 4.88 Å². The van der Waals surface area contributed by atoms with Gasteiger partial charge in [0.05, 0.1) is 10.4 Å². The van der Waals surface area contributed by atoms with Crippen LogP contribution in [0.25, 0.3) is 21.8 Å². The second-order valence-corrected chi connectivity index (χ2v) is 6.25. The number of nitrogens with two attached hydrogens (primary N) is 1. The van der Waals surface area contributed by atoms with Crippen LogP contribution in [-0.4, -0.2) is 5.16 Å². The number of anilines is 1. The Morgan fingerprint density at radius 3 is 2.60 bits per heavy atom. The van der Waals surface area contributed by atoms with E-state index in [2.05, 4.69) is 44.1 Å². The van der Waals surface area contributed by atoms with Gasteiger partial charge in [-0.1, -0.05) is 35.0 Å². The highest BCUT2D eigenvalue weighted by molar-refractivity contribution is 7.15. The van der Waals surface area contributed by atoms with Crippen LogP contribution < -0.4 is 5.73 Å². The van der Waals surface area contributed by atoms with E-state index in [9.17, 15) is 0 Å². The maximum atomic E-state index is 6.01. The molecule has 0 unspecified atom stereocenters. The van der Waals surface area contributed by atoms with Gasteiger partial charge >= 0.3 is 0 Å². The van der Waals surface area contributed by atoms with E-state index in [-0.39, 0.29) is 0 Å². The molecule has 0 radical (unpaired) electrons. The van der Waals surface area contributed by atoms with E-state index < -0.39 is 0 Å². The van der Waals surface area contributed by atoms with Crippen LogP contribution in [-0.2, 0) is 0 Å². The summed E-state index contributed by atoms with van der Waals surface area (Å²) in [5.74, 6) is 1.20. The summed E-state index contributed by atoms with van der Waals surface area (Å²) in [6, 6.07) is 10.3. The third-order valence-corrected chi connectivity index (χ3v) is 4.57. The minimum Gasteiger partial charge on any atom is -0.380 e. The van der Waals surface area contributed by atoms with Crippen LogP contribution in [0.15, 0.2) is 34.9 Å². The number of aryl methyl sites for hydroxylation is 3. The number of aromatic nitrogens is 1. The van der Waals surface area contributed by atoms with Crippen LogP contribution in [0.2, 0.25) is 0 Å². The molecule has 1 aromatic carbocycles. The first-order valence-corrected chi connectivity index (χ1v) is 7.27. The van der Waals surface area contributed by atoms with Crippen LogP contribution in [0.4, 0.5) is 5.82 Å². The average molecular weight is 284 g/mol. The lowest BCUT2D eigenvalue weighted by Gasteiger charge is -2.02. The lowest BCUT2D eigenvalue weighted by molar-refractivity contribution is 0.437. The van der Waals surface area contributed by atoms with E-state index in [1.165, 1.54) is 16.0 Å². The molecule has 0 aliphatic rings. The van der Waals surface area contributed by atoms with Crippen molar-refractivity contribution in [2.45, 2.75) is 20.8 Å². The molecule has 0 bridgehead atoms. The third-order valence-electron chi connectivity index (χ3n) is 3.41. The fourth-order valence-electron chi connectivity index (χ4n) is 2.24. The SMILES string of the molecule is Cc1cccc(-c2c(N)noc2-c2cc(C)c(C)s2)c1. The van der Waals surface area contributed by atoms with E-state index >= 15 is 0 Å². The predicted octanol–water partition coefficient (Wildman–Crippen LogP) is 4.58. The summed E-state index contributed by atoms with van der Waals surface area (Å²) in [5, 5.41) is 3.95. The summed E-state index contributed by atoms with van der Waals surface area (Å²) in [7, 11) is 0. The fourth-order valence-corrected chi connectivity index (χ4v) is 3.25. The van der Waals surface area contributed by atoms with Gasteiger partial charge in [0.15, 0.2) is 11.6 Å². The lowest BCUT2D eigenvalue weighted by atomic mass is 10.0. The molecule has 3 rings (SSSR count). The van der Waals surface area contributed by atoms with Crippen LogP contribution in [0, 0.1) is 20.8 Å². The summed E-state index contributed by atoms with van der Waals surface area (Å²) in [5.41, 5.74) is 10.4. The van der Waals surface area contributed by atoms with E-state index in [0.717, 1.165) is 21.8 Å². The monoisotopic (exact) mass is 284 g/mol. The Kier molecular flexibility index (Phi) is 3.10. The molecule has 0 fully saturated rings. The van der Waals surface area contributed by atoms with Crippen molar-refractivity contribution >= 4 is 17.2 Å². The first-order valence-electron chi connectivity index (χ1n) is 6.46. The zero-order valence-electron chi connectivity index (χ0n) is 11.7. The van der Waals surface area contributed by atoms with E-state index in [4.69, 9.17) is 10.3 Å². The lowest BCUT2D eigenvalue weighted by Crippen LogP contribution is -1.88. The van der Waals surface area contributed by atoms with Crippen molar-refractivity contribution in [1.29, 1.82) is 0 Å². The Bertz CT molecular complexity index is 751. The molecule has 3 aromatic rings. The Morgan fingerprint density at radius 2 is 1.95 bits per heavy atom. The van der Waals surface area contributed by atoms with Crippen LogP contribution in [0.3, 0.4) is 0 Å². The summed E-state index contributed by atoms with van der Waals surface area (Å²) in [6.45, 7) is 6.27. The van der Waals surface area contributed by atoms with Crippen LogP contribution in [0.1, 0.15) is 16.0 Å². The second kappa shape index (κ2) is 4.80. The van der Waals surface area contributed by atoms with Crippen molar-refractivity contribution in [2.75, 3.05) is 5.73 Å². The van der Waals surface area contributed by atoms with E-state index in [1.807, 2.05) is 12.1 Å². The molecule has 4 heteroatoms. The summed E-state index contributed by atoms with van der Waals surface area (Å²) >= 11 is 1.70. The summed E-state index contributed by atoms with van der Waals surface area (Å²) < 4.78 is 5.48. The van der Waals surface area contributed by atoms with Gasteiger partial charge in [0.25, 0.3) is 0 Å². The molecular weight excluding hydrogens is 268 g/mol. The molecular formula is C16H16N2OS. The molecule has 20 heavy (non-hydrogen) atoms. The van der Waals surface area contributed by atoms with Gasteiger partial charge in [-0.25, -0.2) is 0 Å². The van der Waals surface area contributed by atoms with Crippen molar-refractivity contribution in [3.63, 3.8) is 0 Å². The smallest absolute Gasteiger partial charge is 0.186 e. The zero-order valence-corrected chi connectivity index (χ0v) is 12.5. The third kappa shape index (κ3) is 2.12. The maximum Gasteiger partial charge on any atom is 0.186 e. The average Bonchev–Trinajstić information content (AvgIpc) is 2.93. The van der Waals surface area contributed by atoms with Crippen LogP contribution >= 0.6 is 11.3 Å². The van der Waals surface area contributed by atoms with Crippen molar-refractivity contribution in [3.05, 3.63) is 46.3 Å². The fraction of sp³-hybridized carbons (Fsp3) is 0.188. The maximum absolute atomic E-state index is 6.01. The van der Waals surface area contributed by atoms with Gasteiger partial charge in [-0.3, -0.25) is 0 Å². The van der Waals surface area contributed by atoms with Gasteiger partial charge in [-0.2, -0.15) is 0 Å². The number of rotatable bonds is 2. The quantitative estimate of drug-likeness (QED) is 0.749. The van der Waals surface area contributed by atoms with Crippen molar-refractivity contribution in [2.24, 2.45) is 0 Å². The number of nitrogens with zero attached hydrogens (tertiary/aromatic N) is 1. The standard InChI is InChI=1S/C16H16N2OS/c1-9-5-4-6-12(7-9)14-15(19-18-16(14)17)13-8-10(2)11(3)20-13/h4-8H,1-3H3,(H2,17,18). The van der Waals surface area contributed by atoms with Crippen molar-refractivity contribution < 1.29 is 4.52 Å². The Hall–Kier alpha value is -2.07. The molecule has 2 aromatic heterocycles. The topological polar surface area (TPSA) is 52.0 Å². The number of thiophene rings is 1. The molecule has 0 amide bonds. The molecule has 0 atom stereocenters. The van der Waals surface area contributed by atoms with Crippen molar-refractivity contribution in [3.8, 4) is 21.8 Å². The molecule has 3 nitrogen and oxygen atoms in total. The van der Waals surface area contributed by atoms with Crippen LogP contribution in [0.5, 0.6) is 0 Å². The number of hydrogen-bond donors (Lipinski definition) is 1. The molecule has 0 aliphatic carbocycles. The van der Waals surface area contributed by atoms with Gasteiger partial charge in [-0.05, 0) is 38.0 Å². The minimum absolute atomic E-state index is 0.439. The highest BCUT2D eigenvalue weighted by atomic mass is 32.1. The largest absolute Gasteiger partial charge is 0.380 e. The summed E-state index contributed by atoms with van der Waals surface area (Å²) in [6.07, 6.45) is 0. The molecule has 2 heterocycles. The van der Waals surface area contributed by atoms with Gasteiger partial charge in [-0.15, -0.1) is 11.3 Å². The molecule has 0 saturated heterocycles. The van der Waals surface area contributed by atoms with E-state index in [1.54, 1.807) is 11.3 Å². The highest BCUT2D eigenvalue weighted by Gasteiger charge is 2.19.